The average molecular weight is 397 g/mol. The Labute approximate surface area is 173 Å². The van der Waals surface area contributed by atoms with Gasteiger partial charge >= 0.3 is 0 Å². The molecule has 0 saturated heterocycles. The van der Waals surface area contributed by atoms with E-state index in [-0.39, 0.29) is 11.8 Å². The van der Waals surface area contributed by atoms with Crippen molar-refractivity contribution in [1.82, 2.24) is 10.3 Å². The largest absolute Gasteiger partial charge is 0.361 e. The summed E-state index contributed by atoms with van der Waals surface area (Å²) in [5, 5.41) is 8.66. The van der Waals surface area contributed by atoms with E-state index in [4.69, 9.17) is 0 Å². The number of aromatic nitrogens is 1. The van der Waals surface area contributed by atoms with E-state index in [0.29, 0.717) is 12.1 Å². The van der Waals surface area contributed by atoms with Crippen molar-refractivity contribution in [1.29, 1.82) is 0 Å². The molecule has 142 valence electrons. The van der Waals surface area contributed by atoms with Crippen LogP contribution in [-0.4, -0.2) is 17.4 Å². The summed E-state index contributed by atoms with van der Waals surface area (Å²) in [5.41, 5.74) is 3.01. The molecule has 2 heterocycles. The Kier molecular flexibility index (Phi) is 4.62. The minimum absolute atomic E-state index is 0.0443. The lowest BCUT2D eigenvalue weighted by molar-refractivity contribution is 0.0952. The Morgan fingerprint density at radius 3 is 2.62 bits per heavy atom. The number of amides is 1. The van der Waals surface area contributed by atoms with Gasteiger partial charge in [0.05, 0.1) is 0 Å². The van der Waals surface area contributed by atoms with Crippen LogP contribution in [0.4, 0.5) is 0 Å². The molecule has 0 spiro atoms. The molecule has 1 atom stereocenters. The van der Waals surface area contributed by atoms with Crippen molar-refractivity contribution in [3.05, 3.63) is 106 Å². The van der Waals surface area contributed by atoms with Gasteiger partial charge in [0, 0.05) is 40.0 Å². The van der Waals surface area contributed by atoms with Gasteiger partial charge in [-0.2, -0.15) is 0 Å². The number of carbonyl (C=O) groups excluding carboxylic acids is 1. The monoisotopic (exact) mass is 396 g/mol. The molecule has 0 fully saturated rings. The second-order valence-electron chi connectivity index (χ2n) is 7.13. The Bertz CT molecular complexity index is 1290. The normalized spacial score (nSPS) is 12.3. The molecule has 0 aliphatic carbocycles. The first-order chi connectivity index (χ1) is 14.3. The van der Waals surface area contributed by atoms with Crippen molar-refractivity contribution in [3.63, 3.8) is 0 Å². The van der Waals surface area contributed by atoms with Crippen LogP contribution in [0.1, 0.15) is 26.7 Å². The smallest absolute Gasteiger partial charge is 0.251 e. The third kappa shape index (κ3) is 3.43. The molecule has 0 aliphatic rings. The SMILES string of the molecule is O=C(NC[C@H](c1cccs1)c1c[nH]c2ccccc12)c1ccc2ccccc2c1. The summed E-state index contributed by atoms with van der Waals surface area (Å²) in [5.74, 6) is 0.0627. The van der Waals surface area contributed by atoms with Crippen LogP contribution in [0.15, 0.2) is 90.4 Å². The molecule has 5 aromatic rings. The number of thiophene rings is 1. The number of fused-ring (bicyclic) bond motifs is 2. The van der Waals surface area contributed by atoms with Crippen molar-refractivity contribution in [2.75, 3.05) is 6.54 Å². The zero-order valence-electron chi connectivity index (χ0n) is 15.8. The van der Waals surface area contributed by atoms with Crippen LogP contribution in [0.3, 0.4) is 0 Å². The zero-order valence-corrected chi connectivity index (χ0v) is 16.6. The van der Waals surface area contributed by atoms with E-state index >= 15 is 0 Å². The minimum Gasteiger partial charge on any atom is -0.361 e. The van der Waals surface area contributed by atoms with Gasteiger partial charge in [0.15, 0.2) is 0 Å². The van der Waals surface area contributed by atoms with E-state index in [1.54, 1.807) is 11.3 Å². The number of nitrogens with one attached hydrogen (secondary N) is 2. The topological polar surface area (TPSA) is 44.9 Å². The molecule has 0 bridgehead atoms. The minimum atomic E-state index is -0.0443. The molecular weight excluding hydrogens is 376 g/mol. The van der Waals surface area contributed by atoms with E-state index < -0.39 is 0 Å². The molecule has 3 nitrogen and oxygen atoms in total. The highest BCUT2D eigenvalue weighted by atomic mass is 32.1. The Balaban J connectivity index is 1.43. The highest BCUT2D eigenvalue weighted by Crippen LogP contribution is 2.32. The predicted octanol–water partition coefficient (Wildman–Crippen LogP) is 5.94. The molecule has 4 heteroatoms. The summed E-state index contributed by atoms with van der Waals surface area (Å²) >= 11 is 1.72. The molecule has 0 aliphatic heterocycles. The van der Waals surface area contributed by atoms with E-state index in [1.807, 2.05) is 42.5 Å². The Morgan fingerprint density at radius 1 is 0.931 bits per heavy atom. The second kappa shape index (κ2) is 7.57. The van der Waals surface area contributed by atoms with Gasteiger partial charge in [-0.05, 0) is 46.0 Å². The fourth-order valence-electron chi connectivity index (χ4n) is 3.86. The lowest BCUT2D eigenvalue weighted by atomic mass is 9.96. The highest BCUT2D eigenvalue weighted by molar-refractivity contribution is 7.10. The summed E-state index contributed by atoms with van der Waals surface area (Å²) in [4.78, 5) is 17.5. The molecule has 1 amide bonds. The molecule has 0 unspecified atom stereocenters. The average Bonchev–Trinajstić information content (AvgIpc) is 3.44. The van der Waals surface area contributed by atoms with Crippen LogP contribution in [-0.2, 0) is 0 Å². The van der Waals surface area contributed by atoms with Crippen LogP contribution < -0.4 is 5.32 Å². The summed E-state index contributed by atoms with van der Waals surface area (Å²) in [7, 11) is 0. The number of carbonyl (C=O) groups is 1. The van der Waals surface area contributed by atoms with Gasteiger partial charge in [0.25, 0.3) is 5.91 Å². The first-order valence-electron chi connectivity index (χ1n) is 9.66. The van der Waals surface area contributed by atoms with Crippen molar-refractivity contribution in [2.24, 2.45) is 0 Å². The number of para-hydroxylation sites is 1. The van der Waals surface area contributed by atoms with Gasteiger partial charge in [-0.25, -0.2) is 0 Å². The van der Waals surface area contributed by atoms with Crippen LogP contribution in [0.25, 0.3) is 21.7 Å². The van der Waals surface area contributed by atoms with Gasteiger partial charge in [-0.3, -0.25) is 4.79 Å². The summed E-state index contributed by atoms with van der Waals surface area (Å²) in [6, 6.07) is 26.4. The van der Waals surface area contributed by atoms with Crippen molar-refractivity contribution >= 4 is 38.9 Å². The maximum Gasteiger partial charge on any atom is 0.251 e. The number of hydrogen-bond donors (Lipinski definition) is 2. The van der Waals surface area contributed by atoms with Gasteiger partial charge in [-0.1, -0.05) is 54.6 Å². The first kappa shape index (κ1) is 17.7. The lowest BCUT2D eigenvalue weighted by Gasteiger charge is -2.16. The van der Waals surface area contributed by atoms with E-state index in [2.05, 4.69) is 58.3 Å². The number of aromatic amines is 1. The second-order valence-corrected chi connectivity index (χ2v) is 8.11. The van der Waals surface area contributed by atoms with Gasteiger partial charge < -0.3 is 10.3 Å². The van der Waals surface area contributed by atoms with Crippen molar-refractivity contribution in [3.8, 4) is 0 Å². The maximum atomic E-state index is 12.9. The summed E-state index contributed by atoms with van der Waals surface area (Å²) in [6.07, 6.45) is 2.07. The quantitative estimate of drug-likeness (QED) is 0.379. The van der Waals surface area contributed by atoms with Gasteiger partial charge in [-0.15, -0.1) is 11.3 Å². The predicted molar refractivity (Wildman–Crippen MR) is 121 cm³/mol. The van der Waals surface area contributed by atoms with Crippen LogP contribution in [0.5, 0.6) is 0 Å². The number of rotatable bonds is 5. The molecule has 0 saturated carbocycles. The van der Waals surface area contributed by atoms with Gasteiger partial charge in [0.1, 0.15) is 0 Å². The van der Waals surface area contributed by atoms with Gasteiger partial charge in [0.2, 0.25) is 0 Å². The lowest BCUT2D eigenvalue weighted by Crippen LogP contribution is -2.28. The third-order valence-electron chi connectivity index (χ3n) is 5.36. The number of H-pyrrole nitrogens is 1. The molecule has 5 rings (SSSR count). The fraction of sp³-hybridized carbons (Fsp3) is 0.0800. The summed E-state index contributed by atoms with van der Waals surface area (Å²) in [6.45, 7) is 0.550. The van der Waals surface area contributed by atoms with E-state index in [9.17, 15) is 4.79 Å². The number of hydrogen-bond acceptors (Lipinski definition) is 2. The molecular formula is C25H20N2OS. The highest BCUT2D eigenvalue weighted by Gasteiger charge is 2.20. The third-order valence-corrected chi connectivity index (χ3v) is 6.35. The molecule has 29 heavy (non-hydrogen) atoms. The fourth-order valence-corrected chi connectivity index (χ4v) is 4.71. The first-order valence-corrected chi connectivity index (χ1v) is 10.5. The van der Waals surface area contributed by atoms with Crippen LogP contribution in [0, 0.1) is 0 Å². The van der Waals surface area contributed by atoms with Crippen LogP contribution in [0.2, 0.25) is 0 Å². The van der Waals surface area contributed by atoms with Crippen molar-refractivity contribution in [2.45, 2.75) is 5.92 Å². The standard InChI is InChI=1S/C25H20N2OS/c28-25(19-12-11-17-6-1-2-7-18(17)14-19)27-16-22(24-10-5-13-29-24)21-15-26-23-9-4-3-8-20(21)23/h1-15,22,26H,16H2,(H,27,28)/t22-/m0/s1. The van der Waals surface area contributed by atoms with E-state index in [0.717, 1.165) is 16.3 Å². The molecule has 0 radical (unpaired) electrons. The maximum absolute atomic E-state index is 12.9. The molecule has 2 aromatic heterocycles. The Hall–Kier alpha value is -3.37. The Morgan fingerprint density at radius 2 is 1.76 bits per heavy atom. The molecule has 3 aromatic carbocycles. The summed E-state index contributed by atoms with van der Waals surface area (Å²) < 4.78 is 0. The van der Waals surface area contributed by atoms with Crippen LogP contribution >= 0.6 is 11.3 Å². The van der Waals surface area contributed by atoms with Crippen molar-refractivity contribution < 1.29 is 4.79 Å². The zero-order chi connectivity index (χ0) is 19.6. The number of benzene rings is 3. The van der Waals surface area contributed by atoms with E-state index in [1.165, 1.54) is 15.8 Å². The molecule has 2 N–H and O–H groups in total.